The summed E-state index contributed by atoms with van der Waals surface area (Å²) in [5, 5.41) is 16.4. The van der Waals surface area contributed by atoms with Crippen molar-refractivity contribution in [3.63, 3.8) is 0 Å². The lowest BCUT2D eigenvalue weighted by molar-refractivity contribution is 0.0409. The molecule has 1 unspecified atom stereocenters. The van der Waals surface area contributed by atoms with Gasteiger partial charge in [-0.15, -0.1) is 34.4 Å². The number of rotatable bonds is 8. The van der Waals surface area contributed by atoms with E-state index >= 15 is 0 Å². The van der Waals surface area contributed by atoms with E-state index in [0.717, 1.165) is 26.4 Å². The summed E-state index contributed by atoms with van der Waals surface area (Å²) in [6, 6.07) is 12.5. The maximum atomic E-state index is 10.3. The van der Waals surface area contributed by atoms with E-state index in [1.807, 2.05) is 17.5 Å². The van der Waals surface area contributed by atoms with Crippen molar-refractivity contribution in [3.05, 3.63) is 63.9 Å². The van der Waals surface area contributed by atoms with Gasteiger partial charge < -0.3 is 9.84 Å². The molecule has 0 saturated carbocycles. The molecule has 1 atom stereocenters. The fraction of sp³-hybridized carbons (Fsp3) is 0.238. The van der Waals surface area contributed by atoms with E-state index in [9.17, 15) is 5.11 Å². The second-order valence-electron chi connectivity index (χ2n) is 6.43. The molecule has 0 saturated heterocycles. The molecular weight excluding hydrogens is 408 g/mol. The van der Waals surface area contributed by atoms with Crippen LogP contribution in [0.3, 0.4) is 0 Å². The zero-order valence-electron chi connectivity index (χ0n) is 15.4. The van der Waals surface area contributed by atoms with Crippen molar-refractivity contribution in [1.82, 2.24) is 9.97 Å². The first kappa shape index (κ1) is 19.5. The Morgan fingerprint density at radius 2 is 2.00 bits per heavy atom. The Hall–Kier alpha value is -1.77. The topological polar surface area (TPSA) is 55.2 Å². The Kier molecular flexibility index (Phi) is 6.39. The standard InChI is InChI=1S/C21H20N2O2S3/c1-14-4-6-15(7-5-14)18-12-28-21-19(18)20(22-13-23-21)27-11-16(24)9-25-10-17-3-2-8-26-17/h2-8,12-13,16,24H,9-11H2,1H3. The second-order valence-corrected chi connectivity index (χ2v) is 9.33. The molecule has 0 spiro atoms. The summed E-state index contributed by atoms with van der Waals surface area (Å²) in [4.78, 5) is 11.0. The normalized spacial score (nSPS) is 12.5. The van der Waals surface area contributed by atoms with Gasteiger partial charge in [-0.3, -0.25) is 0 Å². The van der Waals surface area contributed by atoms with E-state index in [0.29, 0.717) is 19.0 Å². The predicted molar refractivity (Wildman–Crippen MR) is 118 cm³/mol. The Bertz CT molecular complexity index is 1030. The average Bonchev–Trinajstić information content (AvgIpc) is 3.37. The third-order valence-corrected chi connectivity index (χ3v) is 7.12. The van der Waals surface area contributed by atoms with Crippen LogP contribution in [0.25, 0.3) is 21.3 Å². The molecule has 1 aromatic carbocycles. The number of hydrogen-bond donors (Lipinski definition) is 1. The Balaban J connectivity index is 1.44. The van der Waals surface area contributed by atoms with E-state index in [4.69, 9.17) is 4.74 Å². The van der Waals surface area contributed by atoms with Crippen LogP contribution >= 0.6 is 34.4 Å². The largest absolute Gasteiger partial charge is 0.390 e. The molecular formula is C21H20N2O2S3. The number of thiophene rings is 2. The number of aliphatic hydroxyl groups excluding tert-OH is 1. The molecule has 3 heterocycles. The molecule has 4 nitrogen and oxygen atoms in total. The van der Waals surface area contributed by atoms with Crippen molar-refractivity contribution in [2.75, 3.05) is 12.4 Å². The van der Waals surface area contributed by atoms with Gasteiger partial charge in [0.2, 0.25) is 0 Å². The minimum atomic E-state index is -0.545. The van der Waals surface area contributed by atoms with Crippen molar-refractivity contribution >= 4 is 44.7 Å². The number of fused-ring (bicyclic) bond motifs is 1. The van der Waals surface area contributed by atoms with Crippen molar-refractivity contribution in [2.45, 2.75) is 24.7 Å². The molecule has 1 N–H and O–H groups in total. The molecule has 4 aromatic rings. The minimum absolute atomic E-state index is 0.313. The van der Waals surface area contributed by atoms with Gasteiger partial charge in [-0.1, -0.05) is 35.9 Å². The highest BCUT2D eigenvalue weighted by Gasteiger charge is 2.15. The van der Waals surface area contributed by atoms with Crippen LogP contribution in [0, 0.1) is 6.92 Å². The molecule has 0 aliphatic heterocycles. The summed E-state index contributed by atoms with van der Waals surface area (Å²) in [5.74, 6) is 0.528. The van der Waals surface area contributed by atoms with Gasteiger partial charge in [0, 0.05) is 21.6 Å². The molecule has 4 rings (SSSR count). The monoisotopic (exact) mass is 428 g/mol. The molecule has 144 valence electrons. The van der Waals surface area contributed by atoms with Gasteiger partial charge in [0.1, 0.15) is 16.2 Å². The van der Waals surface area contributed by atoms with Crippen LogP contribution in [-0.2, 0) is 11.3 Å². The van der Waals surface area contributed by atoms with E-state index in [1.165, 1.54) is 10.4 Å². The number of aromatic nitrogens is 2. The van der Waals surface area contributed by atoms with Gasteiger partial charge in [0.05, 0.1) is 24.7 Å². The smallest absolute Gasteiger partial charge is 0.128 e. The summed E-state index contributed by atoms with van der Waals surface area (Å²) in [6.45, 7) is 2.94. The highest BCUT2D eigenvalue weighted by atomic mass is 32.2. The highest BCUT2D eigenvalue weighted by molar-refractivity contribution is 7.99. The molecule has 0 amide bonds. The Labute approximate surface area is 176 Å². The van der Waals surface area contributed by atoms with Crippen molar-refractivity contribution < 1.29 is 9.84 Å². The third-order valence-electron chi connectivity index (χ3n) is 4.25. The van der Waals surface area contributed by atoms with Gasteiger partial charge in [0.15, 0.2) is 0 Å². The maximum Gasteiger partial charge on any atom is 0.128 e. The molecule has 0 bridgehead atoms. The number of hydrogen-bond acceptors (Lipinski definition) is 7. The van der Waals surface area contributed by atoms with E-state index in [-0.39, 0.29) is 0 Å². The van der Waals surface area contributed by atoms with Gasteiger partial charge >= 0.3 is 0 Å². The summed E-state index contributed by atoms with van der Waals surface area (Å²) < 4.78 is 5.62. The number of benzene rings is 1. The zero-order chi connectivity index (χ0) is 19.3. The van der Waals surface area contributed by atoms with Crippen LogP contribution < -0.4 is 0 Å². The van der Waals surface area contributed by atoms with E-state index in [1.54, 1.807) is 40.8 Å². The fourth-order valence-electron chi connectivity index (χ4n) is 2.82. The number of nitrogens with zero attached hydrogens (tertiary/aromatic N) is 2. The van der Waals surface area contributed by atoms with E-state index < -0.39 is 6.10 Å². The van der Waals surface area contributed by atoms with Crippen LogP contribution in [0.1, 0.15) is 10.4 Å². The van der Waals surface area contributed by atoms with E-state index in [2.05, 4.69) is 46.5 Å². The van der Waals surface area contributed by atoms with Gasteiger partial charge in [-0.2, -0.15) is 0 Å². The minimum Gasteiger partial charge on any atom is -0.390 e. The maximum absolute atomic E-state index is 10.3. The number of aryl methyl sites for hydroxylation is 1. The molecule has 0 aliphatic rings. The second kappa shape index (κ2) is 9.15. The van der Waals surface area contributed by atoms with Gasteiger partial charge in [-0.05, 0) is 23.9 Å². The molecule has 7 heteroatoms. The molecule has 28 heavy (non-hydrogen) atoms. The summed E-state index contributed by atoms with van der Waals surface area (Å²) in [6.07, 6.45) is 1.05. The van der Waals surface area contributed by atoms with Crippen LogP contribution in [0.5, 0.6) is 0 Å². The van der Waals surface area contributed by atoms with Crippen molar-refractivity contribution in [1.29, 1.82) is 0 Å². The number of aliphatic hydroxyl groups is 1. The summed E-state index contributed by atoms with van der Waals surface area (Å²) in [5.41, 5.74) is 3.54. The molecule has 0 aliphatic carbocycles. The van der Waals surface area contributed by atoms with Crippen LogP contribution in [0.15, 0.2) is 58.5 Å². The Morgan fingerprint density at radius 3 is 2.79 bits per heavy atom. The molecule has 0 fully saturated rings. The third kappa shape index (κ3) is 4.61. The van der Waals surface area contributed by atoms with Crippen molar-refractivity contribution in [2.24, 2.45) is 0 Å². The number of ether oxygens (including phenoxy) is 1. The lowest BCUT2D eigenvalue weighted by Gasteiger charge is -2.11. The fourth-order valence-corrected chi connectivity index (χ4v) is 5.36. The van der Waals surface area contributed by atoms with Crippen LogP contribution in [-0.4, -0.2) is 33.5 Å². The predicted octanol–water partition coefficient (Wildman–Crippen LogP) is 5.40. The van der Waals surface area contributed by atoms with Crippen LogP contribution in [0.4, 0.5) is 0 Å². The highest BCUT2D eigenvalue weighted by Crippen LogP contribution is 2.38. The summed E-state index contributed by atoms with van der Waals surface area (Å²) >= 11 is 4.83. The zero-order valence-corrected chi connectivity index (χ0v) is 17.8. The van der Waals surface area contributed by atoms with Crippen LogP contribution in [0.2, 0.25) is 0 Å². The quantitative estimate of drug-likeness (QED) is 0.301. The molecule has 3 aromatic heterocycles. The first-order chi connectivity index (χ1) is 13.7. The average molecular weight is 429 g/mol. The van der Waals surface area contributed by atoms with Crippen molar-refractivity contribution in [3.8, 4) is 11.1 Å². The SMILES string of the molecule is Cc1ccc(-c2csc3ncnc(SCC(O)COCc4cccs4)c23)cc1. The number of thioether (sulfide) groups is 1. The van der Waals surface area contributed by atoms with Gasteiger partial charge in [0.25, 0.3) is 0 Å². The summed E-state index contributed by atoms with van der Waals surface area (Å²) in [7, 11) is 0. The first-order valence-electron chi connectivity index (χ1n) is 8.91. The lowest BCUT2D eigenvalue weighted by Crippen LogP contribution is -2.17. The first-order valence-corrected chi connectivity index (χ1v) is 11.7. The lowest BCUT2D eigenvalue weighted by atomic mass is 10.1. The molecule has 0 radical (unpaired) electrons. The van der Waals surface area contributed by atoms with Gasteiger partial charge in [-0.25, -0.2) is 9.97 Å². The Morgan fingerprint density at radius 1 is 1.14 bits per heavy atom.